The quantitative estimate of drug-likeness (QED) is 0.754. The molecule has 0 fully saturated rings. The molecule has 0 saturated heterocycles. The molecule has 5 heteroatoms. The van der Waals surface area contributed by atoms with Gasteiger partial charge in [-0.3, -0.25) is 0 Å². The lowest BCUT2D eigenvalue weighted by Gasteiger charge is -2.16. The van der Waals surface area contributed by atoms with E-state index < -0.39 is 0 Å². The van der Waals surface area contributed by atoms with E-state index in [0.29, 0.717) is 11.5 Å². The van der Waals surface area contributed by atoms with Crippen LogP contribution in [0.5, 0.6) is 0 Å². The molecule has 17 heavy (non-hydrogen) atoms. The summed E-state index contributed by atoms with van der Waals surface area (Å²) in [7, 11) is 0. The molecule has 2 aromatic heterocycles. The van der Waals surface area contributed by atoms with E-state index >= 15 is 0 Å². The fourth-order valence-corrected chi connectivity index (χ4v) is 1.71. The van der Waals surface area contributed by atoms with Crippen LogP contribution >= 0.6 is 0 Å². The Morgan fingerprint density at radius 2 is 2.29 bits per heavy atom. The molecular formula is C12H17N5. The number of anilines is 2. The second kappa shape index (κ2) is 4.86. The number of nitrogen functional groups attached to an aromatic ring is 1. The summed E-state index contributed by atoms with van der Waals surface area (Å²) in [6.45, 7) is 4.06. The summed E-state index contributed by atoms with van der Waals surface area (Å²) in [6, 6.07) is 2.01. The molecule has 2 heterocycles. The predicted octanol–water partition coefficient (Wildman–Crippen LogP) is 2.26. The summed E-state index contributed by atoms with van der Waals surface area (Å²) < 4.78 is 0. The number of imidazole rings is 1. The van der Waals surface area contributed by atoms with Crippen molar-refractivity contribution in [1.82, 2.24) is 15.0 Å². The molecule has 1 unspecified atom stereocenters. The first-order chi connectivity index (χ1) is 8.20. The molecular weight excluding hydrogens is 214 g/mol. The fraction of sp³-hybridized carbons (Fsp3) is 0.333. The lowest BCUT2D eigenvalue weighted by Crippen LogP contribution is -2.13. The van der Waals surface area contributed by atoms with E-state index in [1.165, 1.54) is 0 Å². The van der Waals surface area contributed by atoms with Crippen LogP contribution in [0, 0.1) is 6.92 Å². The van der Waals surface area contributed by atoms with Gasteiger partial charge >= 0.3 is 0 Å². The molecule has 4 N–H and O–H groups in total. The molecule has 0 aliphatic carbocycles. The Labute approximate surface area is 100 Å². The normalized spacial score (nSPS) is 12.4. The largest absolute Gasteiger partial charge is 0.396 e. The van der Waals surface area contributed by atoms with Crippen LogP contribution in [0.2, 0.25) is 0 Å². The molecule has 0 bridgehead atoms. The van der Waals surface area contributed by atoms with Crippen molar-refractivity contribution in [2.45, 2.75) is 26.3 Å². The zero-order valence-electron chi connectivity index (χ0n) is 10.1. The molecule has 0 aromatic carbocycles. The van der Waals surface area contributed by atoms with Crippen molar-refractivity contribution in [1.29, 1.82) is 0 Å². The highest BCUT2D eigenvalue weighted by atomic mass is 15.1. The minimum atomic E-state index is 0.0995. The van der Waals surface area contributed by atoms with E-state index in [1.54, 1.807) is 12.4 Å². The summed E-state index contributed by atoms with van der Waals surface area (Å²) in [4.78, 5) is 11.6. The summed E-state index contributed by atoms with van der Waals surface area (Å²) in [6.07, 6.45) is 6.26. The Bertz CT molecular complexity index is 478. The van der Waals surface area contributed by atoms with Gasteiger partial charge in [0.15, 0.2) is 0 Å². The molecule has 0 aliphatic rings. The first-order valence-corrected chi connectivity index (χ1v) is 5.68. The zero-order valence-corrected chi connectivity index (χ0v) is 10.1. The fourth-order valence-electron chi connectivity index (χ4n) is 1.71. The number of rotatable bonds is 4. The van der Waals surface area contributed by atoms with Gasteiger partial charge in [-0.25, -0.2) is 9.97 Å². The van der Waals surface area contributed by atoms with E-state index in [2.05, 4.69) is 27.2 Å². The van der Waals surface area contributed by atoms with Gasteiger partial charge in [0, 0.05) is 18.6 Å². The SMILES string of the molecule is CCC(Nc1ncc(C)cc1N)c1ncc[nH]1. The number of aromatic amines is 1. The summed E-state index contributed by atoms with van der Waals surface area (Å²) >= 11 is 0. The van der Waals surface area contributed by atoms with Crippen LogP contribution in [0.15, 0.2) is 24.7 Å². The van der Waals surface area contributed by atoms with E-state index in [4.69, 9.17) is 5.73 Å². The second-order valence-corrected chi connectivity index (χ2v) is 4.03. The monoisotopic (exact) mass is 231 g/mol. The maximum atomic E-state index is 5.92. The average molecular weight is 231 g/mol. The Hall–Kier alpha value is -2.04. The summed E-state index contributed by atoms with van der Waals surface area (Å²) in [5, 5.41) is 3.30. The lowest BCUT2D eigenvalue weighted by atomic mass is 10.2. The van der Waals surface area contributed by atoms with Gasteiger partial charge in [0.2, 0.25) is 0 Å². The van der Waals surface area contributed by atoms with Gasteiger partial charge in [-0.15, -0.1) is 0 Å². The lowest BCUT2D eigenvalue weighted by molar-refractivity contribution is 0.700. The average Bonchev–Trinajstić information content (AvgIpc) is 2.81. The Kier molecular flexibility index (Phi) is 3.27. The molecule has 90 valence electrons. The van der Waals surface area contributed by atoms with E-state index in [-0.39, 0.29) is 6.04 Å². The third kappa shape index (κ3) is 2.55. The number of aryl methyl sites for hydroxylation is 1. The molecule has 0 saturated carbocycles. The van der Waals surface area contributed by atoms with Gasteiger partial charge in [0.25, 0.3) is 0 Å². The number of nitrogens with two attached hydrogens (primary N) is 1. The summed E-state index contributed by atoms with van der Waals surface area (Å²) in [5.41, 5.74) is 7.64. The van der Waals surface area contributed by atoms with Gasteiger partial charge in [0.05, 0.1) is 11.7 Å². The molecule has 2 rings (SSSR count). The highest BCUT2D eigenvalue weighted by Crippen LogP contribution is 2.23. The van der Waals surface area contributed by atoms with Crippen LogP contribution < -0.4 is 11.1 Å². The molecule has 0 amide bonds. The maximum Gasteiger partial charge on any atom is 0.149 e. The van der Waals surface area contributed by atoms with Crippen molar-refractivity contribution in [2.75, 3.05) is 11.1 Å². The van der Waals surface area contributed by atoms with Gasteiger partial charge in [0.1, 0.15) is 11.6 Å². The van der Waals surface area contributed by atoms with Crippen molar-refractivity contribution in [3.05, 3.63) is 36.0 Å². The van der Waals surface area contributed by atoms with E-state index in [1.807, 2.05) is 19.2 Å². The first kappa shape index (κ1) is 11.4. The van der Waals surface area contributed by atoms with Gasteiger partial charge in [-0.2, -0.15) is 0 Å². The van der Waals surface area contributed by atoms with E-state index in [9.17, 15) is 0 Å². The first-order valence-electron chi connectivity index (χ1n) is 5.68. The van der Waals surface area contributed by atoms with Crippen molar-refractivity contribution in [3.63, 3.8) is 0 Å². The Morgan fingerprint density at radius 1 is 1.47 bits per heavy atom. The van der Waals surface area contributed by atoms with Crippen LogP contribution in [0.3, 0.4) is 0 Å². The number of nitrogens with one attached hydrogen (secondary N) is 2. The van der Waals surface area contributed by atoms with Crippen molar-refractivity contribution in [3.8, 4) is 0 Å². The van der Waals surface area contributed by atoms with Crippen LogP contribution in [0.25, 0.3) is 0 Å². The molecule has 0 spiro atoms. The number of hydrogen-bond acceptors (Lipinski definition) is 4. The van der Waals surface area contributed by atoms with Crippen LogP contribution in [-0.2, 0) is 0 Å². The van der Waals surface area contributed by atoms with Gasteiger partial charge in [-0.05, 0) is 25.0 Å². The second-order valence-electron chi connectivity index (χ2n) is 4.03. The molecule has 5 nitrogen and oxygen atoms in total. The third-order valence-electron chi connectivity index (χ3n) is 2.62. The van der Waals surface area contributed by atoms with Crippen LogP contribution in [0.4, 0.5) is 11.5 Å². The molecule has 0 radical (unpaired) electrons. The van der Waals surface area contributed by atoms with E-state index in [0.717, 1.165) is 17.8 Å². The van der Waals surface area contributed by atoms with Gasteiger partial charge in [-0.1, -0.05) is 6.92 Å². The topological polar surface area (TPSA) is 79.6 Å². The maximum absolute atomic E-state index is 5.92. The summed E-state index contributed by atoms with van der Waals surface area (Å²) in [5.74, 6) is 1.60. The Balaban J connectivity index is 2.19. The number of pyridine rings is 1. The van der Waals surface area contributed by atoms with Crippen LogP contribution in [-0.4, -0.2) is 15.0 Å². The van der Waals surface area contributed by atoms with Crippen LogP contribution in [0.1, 0.15) is 30.8 Å². The number of H-pyrrole nitrogens is 1. The highest BCUT2D eigenvalue weighted by Gasteiger charge is 2.13. The molecule has 1 atom stereocenters. The molecule has 0 aliphatic heterocycles. The zero-order chi connectivity index (χ0) is 12.3. The highest BCUT2D eigenvalue weighted by molar-refractivity contribution is 5.62. The minimum absolute atomic E-state index is 0.0995. The number of hydrogen-bond donors (Lipinski definition) is 3. The van der Waals surface area contributed by atoms with Crippen molar-refractivity contribution >= 4 is 11.5 Å². The van der Waals surface area contributed by atoms with Crippen molar-refractivity contribution < 1.29 is 0 Å². The van der Waals surface area contributed by atoms with Crippen molar-refractivity contribution in [2.24, 2.45) is 0 Å². The standard InChI is InChI=1S/C12H17N5/c1-3-10(12-14-4-5-15-12)17-11-9(13)6-8(2)7-16-11/h4-7,10H,3,13H2,1-2H3,(H,14,15)(H,16,17). The smallest absolute Gasteiger partial charge is 0.149 e. The number of nitrogens with zero attached hydrogens (tertiary/aromatic N) is 2. The Morgan fingerprint density at radius 3 is 2.88 bits per heavy atom. The third-order valence-corrected chi connectivity index (χ3v) is 2.62. The van der Waals surface area contributed by atoms with Gasteiger partial charge < -0.3 is 16.0 Å². The molecule has 2 aromatic rings. The number of aromatic nitrogens is 3. The predicted molar refractivity (Wildman–Crippen MR) is 68.6 cm³/mol. The minimum Gasteiger partial charge on any atom is -0.396 e.